The van der Waals surface area contributed by atoms with E-state index in [0.29, 0.717) is 29.4 Å². The van der Waals surface area contributed by atoms with Gasteiger partial charge in [0.05, 0.1) is 23.7 Å². The van der Waals surface area contributed by atoms with E-state index in [0.717, 1.165) is 16.7 Å². The van der Waals surface area contributed by atoms with Crippen molar-refractivity contribution in [1.29, 1.82) is 0 Å². The number of ether oxygens (including phenoxy) is 2. The summed E-state index contributed by atoms with van der Waals surface area (Å²) in [5, 5.41) is 21.0. The second-order valence-corrected chi connectivity index (χ2v) is 13.3. The van der Waals surface area contributed by atoms with Crippen LogP contribution >= 0.6 is 0 Å². The summed E-state index contributed by atoms with van der Waals surface area (Å²) >= 11 is 0. The molecule has 1 aliphatic rings. The predicted octanol–water partition coefficient (Wildman–Crippen LogP) is 7.89. The molecule has 0 heterocycles. The highest BCUT2D eigenvalue weighted by molar-refractivity contribution is 5.99. The lowest BCUT2D eigenvalue weighted by Gasteiger charge is -2.48. The largest absolute Gasteiger partial charge is 0.481 e. The van der Waals surface area contributed by atoms with Gasteiger partial charge in [-0.2, -0.15) is 0 Å². The number of hydrogen-bond acceptors (Lipinski definition) is 6. The van der Waals surface area contributed by atoms with Crippen LogP contribution in [0.25, 0.3) is 0 Å². The summed E-state index contributed by atoms with van der Waals surface area (Å²) in [6, 6.07) is 42.2. The second-order valence-electron chi connectivity index (χ2n) is 13.3. The Bertz CT molecular complexity index is 2000. The monoisotopic (exact) mass is 726 g/mol. The van der Waals surface area contributed by atoms with Crippen molar-refractivity contribution in [3.8, 4) is 23.0 Å². The molecule has 0 unspecified atom stereocenters. The van der Waals surface area contributed by atoms with Crippen LogP contribution in [0.3, 0.4) is 0 Å². The number of para-hydroxylation sites is 2. The first-order valence-electron chi connectivity index (χ1n) is 17.9. The van der Waals surface area contributed by atoms with Gasteiger partial charge >= 0.3 is 11.9 Å². The molecular formula is C44H42N2O8. The molecule has 0 spiro atoms. The van der Waals surface area contributed by atoms with Crippen molar-refractivity contribution >= 4 is 23.8 Å². The van der Waals surface area contributed by atoms with E-state index in [-0.39, 0.29) is 26.2 Å². The van der Waals surface area contributed by atoms with Crippen LogP contribution in [-0.4, -0.2) is 50.3 Å². The van der Waals surface area contributed by atoms with Crippen LogP contribution in [0.2, 0.25) is 0 Å². The molecule has 2 amide bonds. The molecular weight excluding hydrogens is 684 g/mol. The number of rotatable bonds is 16. The van der Waals surface area contributed by atoms with Crippen LogP contribution in [0, 0.1) is 23.7 Å². The first kappa shape index (κ1) is 37.3. The zero-order valence-corrected chi connectivity index (χ0v) is 29.9. The number of carbonyl (C=O) groups excluding carboxylic acids is 2. The number of carboxylic acids is 2. The van der Waals surface area contributed by atoms with Gasteiger partial charge in [0.1, 0.15) is 23.0 Å². The lowest BCUT2D eigenvalue weighted by atomic mass is 9.55. The van der Waals surface area contributed by atoms with E-state index < -0.39 is 47.4 Å². The minimum absolute atomic E-state index is 0.0824. The molecule has 0 saturated heterocycles. The third kappa shape index (κ3) is 8.95. The molecule has 5 aromatic carbocycles. The summed E-state index contributed by atoms with van der Waals surface area (Å²) in [5.41, 5.74) is 2.28. The van der Waals surface area contributed by atoms with E-state index in [1.165, 1.54) is 9.80 Å². The Morgan fingerprint density at radius 2 is 0.796 bits per heavy atom. The van der Waals surface area contributed by atoms with E-state index in [1.807, 2.05) is 122 Å². The van der Waals surface area contributed by atoms with Gasteiger partial charge in [0, 0.05) is 26.2 Å². The van der Waals surface area contributed by atoms with Gasteiger partial charge in [-0.1, -0.05) is 97.9 Å². The van der Waals surface area contributed by atoms with Crippen molar-refractivity contribution in [3.63, 3.8) is 0 Å². The summed E-state index contributed by atoms with van der Waals surface area (Å²) in [5.74, 6) is -7.38. The topological polar surface area (TPSA) is 134 Å². The molecule has 1 saturated carbocycles. The molecule has 10 heteroatoms. The summed E-state index contributed by atoms with van der Waals surface area (Å²) in [7, 11) is 0. The minimum Gasteiger partial charge on any atom is -0.481 e. The molecule has 276 valence electrons. The summed E-state index contributed by atoms with van der Waals surface area (Å²) in [6.07, 6.45) is 0.561. The Balaban J connectivity index is 1.22. The van der Waals surface area contributed by atoms with Crippen molar-refractivity contribution in [2.45, 2.75) is 33.0 Å². The van der Waals surface area contributed by atoms with Crippen molar-refractivity contribution in [2.24, 2.45) is 23.7 Å². The fourth-order valence-corrected chi connectivity index (χ4v) is 6.97. The average Bonchev–Trinajstić information content (AvgIpc) is 3.16. The van der Waals surface area contributed by atoms with Crippen LogP contribution in [0.5, 0.6) is 23.0 Å². The van der Waals surface area contributed by atoms with Gasteiger partial charge in [-0.05, 0) is 71.6 Å². The summed E-state index contributed by atoms with van der Waals surface area (Å²) in [6.45, 7) is 2.49. The molecule has 0 aliphatic heterocycles. The molecule has 0 radical (unpaired) electrons. The van der Waals surface area contributed by atoms with Gasteiger partial charge in [-0.25, -0.2) is 0 Å². The molecule has 1 aliphatic carbocycles. The number of nitrogens with zero attached hydrogens (tertiary/aromatic N) is 2. The SMILES string of the molecule is CCCN(Cc1ccc(Oc2ccccc2)cc1)C(=O)[C@H]1[C@@H](C(=O)O)[C@H](C(=O)N(Cc2ccccc2)Cc2ccc(Oc3ccccc3)cc2)[C@@H]1C(=O)O. The molecule has 6 rings (SSSR count). The fraction of sp³-hybridized carbons (Fsp3) is 0.227. The van der Waals surface area contributed by atoms with Crippen LogP contribution in [0.4, 0.5) is 0 Å². The fourth-order valence-electron chi connectivity index (χ4n) is 6.97. The van der Waals surface area contributed by atoms with Crippen molar-refractivity contribution in [1.82, 2.24) is 9.80 Å². The first-order chi connectivity index (χ1) is 26.2. The maximum absolute atomic E-state index is 14.4. The van der Waals surface area contributed by atoms with Crippen LogP contribution in [0.1, 0.15) is 30.0 Å². The summed E-state index contributed by atoms with van der Waals surface area (Å²) < 4.78 is 11.8. The lowest BCUT2D eigenvalue weighted by molar-refractivity contribution is -0.188. The highest BCUT2D eigenvalue weighted by atomic mass is 16.5. The van der Waals surface area contributed by atoms with Gasteiger partial charge < -0.3 is 29.5 Å². The molecule has 0 aromatic heterocycles. The summed E-state index contributed by atoms with van der Waals surface area (Å²) in [4.78, 5) is 57.3. The van der Waals surface area contributed by atoms with Gasteiger partial charge in [-0.3, -0.25) is 19.2 Å². The smallest absolute Gasteiger partial charge is 0.308 e. The average molecular weight is 727 g/mol. The Labute approximate surface area is 314 Å². The number of aliphatic carboxylic acids is 2. The van der Waals surface area contributed by atoms with Crippen LogP contribution in [-0.2, 0) is 38.8 Å². The number of benzene rings is 5. The van der Waals surface area contributed by atoms with Gasteiger partial charge in [0.25, 0.3) is 0 Å². The number of carbonyl (C=O) groups is 4. The van der Waals surface area contributed by atoms with E-state index in [1.54, 1.807) is 24.3 Å². The van der Waals surface area contributed by atoms with E-state index in [9.17, 15) is 29.4 Å². The normalized spacial score (nSPS) is 17.4. The van der Waals surface area contributed by atoms with Crippen molar-refractivity contribution in [3.05, 3.63) is 156 Å². The third-order valence-corrected chi connectivity index (χ3v) is 9.57. The molecule has 2 N–H and O–H groups in total. The first-order valence-corrected chi connectivity index (χ1v) is 17.9. The quantitative estimate of drug-likeness (QED) is 0.105. The van der Waals surface area contributed by atoms with E-state index >= 15 is 0 Å². The van der Waals surface area contributed by atoms with Crippen LogP contribution < -0.4 is 9.47 Å². The highest BCUT2D eigenvalue weighted by Gasteiger charge is 2.64. The van der Waals surface area contributed by atoms with Crippen molar-refractivity contribution < 1.29 is 38.9 Å². The molecule has 1 fully saturated rings. The lowest BCUT2D eigenvalue weighted by Crippen LogP contribution is -2.64. The van der Waals surface area contributed by atoms with E-state index in [2.05, 4.69) is 0 Å². The Hall–Kier alpha value is -6.42. The Morgan fingerprint density at radius 1 is 0.463 bits per heavy atom. The van der Waals surface area contributed by atoms with Gasteiger partial charge in [0.15, 0.2) is 0 Å². The third-order valence-electron chi connectivity index (χ3n) is 9.57. The number of amides is 2. The van der Waals surface area contributed by atoms with Crippen molar-refractivity contribution in [2.75, 3.05) is 6.54 Å². The predicted molar refractivity (Wildman–Crippen MR) is 202 cm³/mol. The maximum Gasteiger partial charge on any atom is 0.308 e. The molecule has 0 bridgehead atoms. The Morgan fingerprint density at radius 3 is 1.19 bits per heavy atom. The van der Waals surface area contributed by atoms with Gasteiger partial charge in [0.2, 0.25) is 11.8 Å². The highest BCUT2D eigenvalue weighted by Crippen LogP contribution is 2.49. The molecule has 5 aromatic rings. The van der Waals surface area contributed by atoms with Crippen LogP contribution in [0.15, 0.2) is 140 Å². The number of carboxylic acid groups (broad SMARTS) is 2. The number of hydrogen-bond donors (Lipinski definition) is 2. The molecule has 54 heavy (non-hydrogen) atoms. The molecule has 10 nitrogen and oxygen atoms in total. The van der Waals surface area contributed by atoms with E-state index in [4.69, 9.17) is 9.47 Å². The maximum atomic E-state index is 14.4. The minimum atomic E-state index is -1.52. The second kappa shape index (κ2) is 17.4. The standard InChI is InChI=1S/C44H42N2O8/c1-2-26-45(27-31-18-22-35(23-19-31)53-33-14-8-4-9-15-33)41(47)37-39(43(49)50)38(40(37)44(51)52)42(48)46(28-30-12-6-3-7-13-30)29-32-20-24-36(25-21-32)54-34-16-10-5-11-17-34/h3-25,37-40H,2,26-29H2,1H3,(H,49,50)(H,51,52)/t37-,38-,39-,40-/m1/s1. The Kier molecular flexibility index (Phi) is 12.0. The zero-order chi connectivity index (χ0) is 38.0. The molecule has 2 atom stereocenters. The van der Waals surface area contributed by atoms with Gasteiger partial charge in [-0.15, -0.1) is 0 Å². The zero-order valence-electron chi connectivity index (χ0n) is 29.9.